The van der Waals surface area contributed by atoms with Crippen LogP contribution < -0.4 is 4.90 Å². The fourth-order valence-corrected chi connectivity index (χ4v) is 4.41. The molecule has 0 bridgehead atoms. The lowest BCUT2D eigenvalue weighted by Crippen LogP contribution is -3.11. The van der Waals surface area contributed by atoms with Gasteiger partial charge in [0.1, 0.15) is 6.54 Å². The van der Waals surface area contributed by atoms with Crippen molar-refractivity contribution in [2.24, 2.45) is 0 Å². The van der Waals surface area contributed by atoms with E-state index in [1.165, 1.54) is 47.3 Å². The maximum atomic E-state index is 4.55. The van der Waals surface area contributed by atoms with Gasteiger partial charge in [-0.1, -0.05) is 73.0 Å². The Morgan fingerprint density at radius 2 is 1.75 bits per heavy atom. The molecule has 0 radical (unpaired) electrons. The minimum atomic E-state index is 0.126. The van der Waals surface area contributed by atoms with E-state index in [-0.39, 0.29) is 6.04 Å². The number of nitrogens with zero attached hydrogens (tertiary/aromatic N) is 4. The smallest absolute Gasteiger partial charge is 0.214 e. The van der Waals surface area contributed by atoms with Crippen LogP contribution in [-0.2, 0) is 6.54 Å². The van der Waals surface area contributed by atoms with Crippen molar-refractivity contribution < 1.29 is 4.90 Å². The van der Waals surface area contributed by atoms with Crippen molar-refractivity contribution >= 4 is 0 Å². The van der Waals surface area contributed by atoms with Crippen molar-refractivity contribution in [1.82, 2.24) is 20.2 Å². The van der Waals surface area contributed by atoms with Crippen molar-refractivity contribution in [3.63, 3.8) is 0 Å². The van der Waals surface area contributed by atoms with Crippen LogP contribution in [0.4, 0.5) is 0 Å². The van der Waals surface area contributed by atoms with Gasteiger partial charge < -0.3 is 4.90 Å². The van der Waals surface area contributed by atoms with E-state index in [0.29, 0.717) is 6.04 Å². The number of aromatic nitrogens is 4. The average Bonchev–Trinajstić information content (AvgIpc) is 3.41. The monoisotopic (exact) mass is 376 g/mol. The van der Waals surface area contributed by atoms with Gasteiger partial charge >= 0.3 is 0 Å². The first-order valence-corrected chi connectivity index (χ1v) is 10.5. The van der Waals surface area contributed by atoms with Gasteiger partial charge in [-0.3, -0.25) is 0 Å². The van der Waals surface area contributed by atoms with Gasteiger partial charge in [-0.25, -0.2) is 4.68 Å². The van der Waals surface area contributed by atoms with E-state index < -0.39 is 0 Å². The standard InChI is InChI=1S/C23H29N5/c1-3-27(17-19-9-5-4-6-10-19)22(20-15-13-18(2)14-16-20)23-24-25-26-28(23)21-11-7-8-12-21/h4-6,9-10,13-16,21-22H,3,7-8,11-12,17H2,1-2H3/p+1/t22-/m0/s1. The molecule has 1 saturated carbocycles. The Balaban J connectivity index is 1.73. The maximum Gasteiger partial charge on any atom is 0.214 e. The highest BCUT2D eigenvalue weighted by Gasteiger charge is 2.33. The molecule has 1 unspecified atom stereocenters. The van der Waals surface area contributed by atoms with Crippen LogP contribution in [0, 0.1) is 6.92 Å². The summed E-state index contributed by atoms with van der Waals surface area (Å²) in [5.41, 5.74) is 3.91. The lowest BCUT2D eigenvalue weighted by Gasteiger charge is -2.28. The predicted octanol–water partition coefficient (Wildman–Crippen LogP) is 3.29. The maximum absolute atomic E-state index is 4.55. The molecule has 2 aromatic carbocycles. The zero-order chi connectivity index (χ0) is 19.3. The molecule has 0 aliphatic heterocycles. The van der Waals surface area contributed by atoms with Gasteiger partial charge in [-0.2, -0.15) is 0 Å². The molecule has 0 amide bonds. The summed E-state index contributed by atoms with van der Waals surface area (Å²) in [6, 6.07) is 20.2. The lowest BCUT2D eigenvalue weighted by atomic mass is 10.0. The molecule has 1 heterocycles. The zero-order valence-electron chi connectivity index (χ0n) is 16.9. The molecule has 146 valence electrons. The van der Waals surface area contributed by atoms with Crippen molar-refractivity contribution in [3.05, 3.63) is 77.1 Å². The fourth-order valence-electron chi connectivity index (χ4n) is 4.41. The molecule has 1 aliphatic carbocycles. The van der Waals surface area contributed by atoms with Crippen LogP contribution in [-0.4, -0.2) is 26.8 Å². The molecule has 28 heavy (non-hydrogen) atoms. The van der Waals surface area contributed by atoms with Gasteiger partial charge in [0.2, 0.25) is 5.82 Å². The summed E-state index contributed by atoms with van der Waals surface area (Å²) in [7, 11) is 0. The molecule has 0 spiro atoms. The first-order valence-electron chi connectivity index (χ1n) is 10.5. The van der Waals surface area contributed by atoms with Gasteiger partial charge in [0.05, 0.1) is 12.6 Å². The van der Waals surface area contributed by atoms with E-state index in [0.717, 1.165) is 18.9 Å². The second-order valence-electron chi connectivity index (χ2n) is 7.94. The van der Waals surface area contributed by atoms with E-state index in [1.807, 2.05) is 0 Å². The molecule has 2 atom stereocenters. The van der Waals surface area contributed by atoms with Crippen molar-refractivity contribution in [1.29, 1.82) is 0 Å². The Kier molecular flexibility index (Phi) is 5.81. The van der Waals surface area contributed by atoms with Crippen molar-refractivity contribution in [2.75, 3.05) is 6.54 Å². The number of aryl methyl sites for hydroxylation is 1. The minimum absolute atomic E-state index is 0.126. The number of quaternary nitrogens is 1. The van der Waals surface area contributed by atoms with E-state index in [4.69, 9.17) is 0 Å². The summed E-state index contributed by atoms with van der Waals surface area (Å²) in [6.07, 6.45) is 4.90. The third-order valence-corrected chi connectivity index (χ3v) is 5.99. The SMILES string of the molecule is CC[NH+](Cc1ccccc1)[C@@H](c1ccc(C)cc1)c1nnnn1C1CCCC1. The van der Waals surface area contributed by atoms with Crippen molar-refractivity contribution in [2.45, 2.75) is 58.2 Å². The van der Waals surface area contributed by atoms with E-state index in [9.17, 15) is 0 Å². The number of hydrogen-bond acceptors (Lipinski definition) is 3. The Morgan fingerprint density at radius 1 is 1.04 bits per heavy atom. The average molecular weight is 377 g/mol. The molecule has 1 fully saturated rings. The molecule has 5 nitrogen and oxygen atoms in total. The number of nitrogens with one attached hydrogen (secondary N) is 1. The van der Waals surface area contributed by atoms with Gasteiger partial charge in [0, 0.05) is 11.1 Å². The highest BCUT2D eigenvalue weighted by molar-refractivity contribution is 5.26. The normalized spacial score (nSPS) is 16.9. The molecule has 5 heteroatoms. The fraction of sp³-hybridized carbons (Fsp3) is 0.435. The molecule has 3 aromatic rings. The number of benzene rings is 2. The molecule has 0 saturated heterocycles. The first-order chi connectivity index (χ1) is 13.8. The summed E-state index contributed by atoms with van der Waals surface area (Å²) in [6.45, 7) is 6.34. The minimum Gasteiger partial charge on any atom is -0.319 e. The largest absolute Gasteiger partial charge is 0.319 e. The summed E-state index contributed by atoms with van der Waals surface area (Å²) in [4.78, 5) is 1.46. The van der Waals surface area contributed by atoms with Crippen LogP contribution in [0.5, 0.6) is 0 Å². The third kappa shape index (κ3) is 3.99. The van der Waals surface area contributed by atoms with Gasteiger partial charge in [-0.05, 0) is 37.1 Å². The number of tetrazole rings is 1. The number of rotatable bonds is 7. The molecular weight excluding hydrogens is 346 g/mol. The van der Waals surface area contributed by atoms with Crippen LogP contribution in [0.25, 0.3) is 0 Å². The van der Waals surface area contributed by atoms with Crippen LogP contribution in [0.1, 0.15) is 67.2 Å². The highest BCUT2D eigenvalue weighted by Crippen LogP contribution is 2.31. The molecule has 1 aliphatic rings. The van der Waals surface area contributed by atoms with Crippen LogP contribution in [0.3, 0.4) is 0 Å². The second kappa shape index (κ2) is 8.65. The zero-order valence-corrected chi connectivity index (χ0v) is 16.9. The summed E-state index contributed by atoms with van der Waals surface area (Å²) in [5, 5.41) is 13.1. The Labute approximate surface area is 167 Å². The summed E-state index contributed by atoms with van der Waals surface area (Å²) in [5.74, 6) is 1.00. The topological polar surface area (TPSA) is 48.0 Å². The molecule has 1 aromatic heterocycles. The predicted molar refractivity (Wildman–Crippen MR) is 110 cm³/mol. The molecular formula is C23H30N5+. The van der Waals surface area contributed by atoms with Gasteiger partial charge in [-0.15, -0.1) is 5.10 Å². The first kappa shape index (κ1) is 18.8. The molecule has 1 N–H and O–H groups in total. The van der Waals surface area contributed by atoms with Gasteiger partial charge in [0.15, 0.2) is 6.04 Å². The third-order valence-electron chi connectivity index (χ3n) is 5.99. The molecule has 4 rings (SSSR count). The number of hydrogen-bond donors (Lipinski definition) is 1. The van der Waals surface area contributed by atoms with Crippen LogP contribution >= 0.6 is 0 Å². The van der Waals surface area contributed by atoms with E-state index in [1.54, 1.807) is 0 Å². The van der Waals surface area contributed by atoms with Crippen LogP contribution in [0.15, 0.2) is 54.6 Å². The van der Waals surface area contributed by atoms with Crippen LogP contribution in [0.2, 0.25) is 0 Å². The summed E-state index contributed by atoms with van der Waals surface area (Å²) >= 11 is 0. The Morgan fingerprint density at radius 3 is 2.43 bits per heavy atom. The Bertz CT molecular complexity index is 866. The van der Waals surface area contributed by atoms with Gasteiger partial charge in [0.25, 0.3) is 0 Å². The summed E-state index contributed by atoms with van der Waals surface area (Å²) < 4.78 is 2.12. The lowest BCUT2D eigenvalue weighted by molar-refractivity contribution is -0.938. The highest BCUT2D eigenvalue weighted by atomic mass is 15.6. The Hall–Kier alpha value is -2.53. The second-order valence-corrected chi connectivity index (χ2v) is 7.94. The van der Waals surface area contributed by atoms with E-state index in [2.05, 4.69) is 88.7 Å². The quantitative estimate of drug-likeness (QED) is 0.688. The van der Waals surface area contributed by atoms with E-state index >= 15 is 0 Å². The van der Waals surface area contributed by atoms with Crippen molar-refractivity contribution in [3.8, 4) is 0 Å².